The highest BCUT2D eigenvalue weighted by Gasteiger charge is 2.15. The second-order valence-corrected chi connectivity index (χ2v) is 6.56. The lowest BCUT2D eigenvalue weighted by Gasteiger charge is -2.12. The van der Waals surface area contributed by atoms with Gasteiger partial charge in [-0.3, -0.25) is 0 Å². The first-order valence-corrected chi connectivity index (χ1v) is 8.16. The standard InChI is InChI=1S/C14H23NO3S/c1-4-11(3)12-6-8-14(9-7-12)19(17,18)15-10-13(16)5-2/h6-9,11,13,15-16H,4-5,10H2,1-3H3. The maximum atomic E-state index is 12.0. The van der Waals surface area contributed by atoms with Crippen molar-refractivity contribution in [3.05, 3.63) is 29.8 Å². The highest BCUT2D eigenvalue weighted by molar-refractivity contribution is 7.89. The number of aliphatic hydroxyl groups excluding tert-OH is 1. The fraction of sp³-hybridized carbons (Fsp3) is 0.571. The summed E-state index contributed by atoms with van der Waals surface area (Å²) >= 11 is 0. The number of benzene rings is 1. The van der Waals surface area contributed by atoms with Gasteiger partial charge in [0.05, 0.1) is 11.0 Å². The Kier molecular flexibility index (Phi) is 5.97. The van der Waals surface area contributed by atoms with Crippen LogP contribution in [0.1, 0.15) is 45.1 Å². The molecule has 0 saturated heterocycles. The SMILES string of the molecule is CCC(O)CNS(=O)(=O)c1ccc(C(C)CC)cc1. The van der Waals surface area contributed by atoms with Crippen molar-refractivity contribution in [3.8, 4) is 0 Å². The molecule has 0 aliphatic rings. The second-order valence-electron chi connectivity index (χ2n) is 4.79. The van der Waals surface area contributed by atoms with Gasteiger partial charge < -0.3 is 5.11 Å². The van der Waals surface area contributed by atoms with E-state index in [0.717, 1.165) is 12.0 Å². The van der Waals surface area contributed by atoms with E-state index < -0.39 is 16.1 Å². The molecule has 1 aromatic carbocycles. The second kappa shape index (κ2) is 7.03. The molecule has 0 heterocycles. The highest BCUT2D eigenvalue weighted by Crippen LogP contribution is 2.20. The van der Waals surface area contributed by atoms with E-state index in [9.17, 15) is 13.5 Å². The summed E-state index contributed by atoms with van der Waals surface area (Å²) in [6, 6.07) is 6.92. The predicted octanol–water partition coefficient (Wildman–Crippen LogP) is 2.25. The van der Waals surface area contributed by atoms with Crippen LogP contribution in [0.3, 0.4) is 0 Å². The minimum Gasteiger partial charge on any atom is -0.392 e. The van der Waals surface area contributed by atoms with E-state index in [1.165, 1.54) is 0 Å². The third kappa shape index (κ3) is 4.60. The van der Waals surface area contributed by atoms with Crippen LogP contribution >= 0.6 is 0 Å². The van der Waals surface area contributed by atoms with Crippen molar-refractivity contribution < 1.29 is 13.5 Å². The van der Waals surface area contributed by atoms with Crippen LogP contribution in [0.5, 0.6) is 0 Å². The topological polar surface area (TPSA) is 66.4 Å². The van der Waals surface area contributed by atoms with Gasteiger partial charge in [0, 0.05) is 6.54 Å². The summed E-state index contributed by atoms with van der Waals surface area (Å²) < 4.78 is 26.4. The Hall–Kier alpha value is -0.910. The molecule has 2 N–H and O–H groups in total. The van der Waals surface area contributed by atoms with Crippen molar-refractivity contribution in [2.75, 3.05) is 6.54 Å². The van der Waals surface area contributed by atoms with Crippen molar-refractivity contribution in [3.63, 3.8) is 0 Å². The molecule has 1 aromatic rings. The Labute approximate surface area is 115 Å². The normalized spacial score (nSPS) is 15.2. The summed E-state index contributed by atoms with van der Waals surface area (Å²) in [5.41, 5.74) is 1.13. The zero-order valence-corrected chi connectivity index (χ0v) is 12.6. The van der Waals surface area contributed by atoms with Gasteiger partial charge in [0.1, 0.15) is 0 Å². The van der Waals surface area contributed by atoms with Crippen LogP contribution in [0.4, 0.5) is 0 Å². The largest absolute Gasteiger partial charge is 0.392 e. The molecular formula is C14H23NO3S. The first-order valence-electron chi connectivity index (χ1n) is 6.68. The summed E-state index contributed by atoms with van der Waals surface area (Å²) in [6.07, 6.45) is 0.900. The van der Waals surface area contributed by atoms with Crippen molar-refractivity contribution in [2.45, 2.75) is 50.5 Å². The van der Waals surface area contributed by atoms with Crippen LogP contribution in [-0.2, 0) is 10.0 Å². The van der Waals surface area contributed by atoms with Crippen LogP contribution in [0.2, 0.25) is 0 Å². The van der Waals surface area contributed by atoms with E-state index in [-0.39, 0.29) is 11.4 Å². The van der Waals surface area contributed by atoms with Gasteiger partial charge in [0.2, 0.25) is 10.0 Å². The van der Waals surface area contributed by atoms with Gasteiger partial charge in [-0.15, -0.1) is 0 Å². The molecule has 0 amide bonds. The van der Waals surface area contributed by atoms with Gasteiger partial charge in [0.25, 0.3) is 0 Å². The molecule has 0 spiro atoms. The molecule has 0 fully saturated rings. The smallest absolute Gasteiger partial charge is 0.240 e. The van der Waals surface area contributed by atoms with Gasteiger partial charge in [-0.05, 0) is 36.5 Å². The average Bonchev–Trinajstić information content (AvgIpc) is 2.44. The fourth-order valence-corrected chi connectivity index (χ4v) is 2.72. The lowest BCUT2D eigenvalue weighted by Crippen LogP contribution is -2.31. The number of hydrogen-bond acceptors (Lipinski definition) is 3. The Bertz CT molecular complexity index is 482. The van der Waals surface area contributed by atoms with Crippen molar-refractivity contribution in [1.82, 2.24) is 4.72 Å². The number of rotatable bonds is 7. The van der Waals surface area contributed by atoms with Gasteiger partial charge in [-0.1, -0.05) is 32.9 Å². The minimum atomic E-state index is -3.52. The Morgan fingerprint density at radius 3 is 2.21 bits per heavy atom. The summed E-state index contributed by atoms with van der Waals surface area (Å²) in [6.45, 7) is 6.06. The molecule has 0 aliphatic heterocycles. The molecule has 0 bridgehead atoms. The number of aliphatic hydroxyl groups is 1. The van der Waals surface area contributed by atoms with Crippen molar-refractivity contribution in [1.29, 1.82) is 0 Å². The van der Waals surface area contributed by atoms with E-state index in [2.05, 4.69) is 18.6 Å². The van der Waals surface area contributed by atoms with E-state index in [0.29, 0.717) is 12.3 Å². The zero-order chi connectivity index (χ0) is 14.5. The van der Waals surface area contributed by atoms with Crippen LogP contribution < -0.4 is 4.72 Å². The summed E-state index contributed by atoms with van der Waals surface area (Å²) in [4.78, 5) is 0.239. The van der Waals surface area contributed by atoms with E-state index in [1.807, 2.05) is 12.1 Å². The molecule has 0 aromatic heterocycles. The van der Waals surface area contributed by atoms with E-state index in [1.54, 1.807) is 19.1 Å². The first-order chi connectivity index (χ1) is 8.90. The number of hydrogen-bond donors (Lipinski definition) is 2. The summed E-state index contributed by atoms with van der Waals surface area (Å²) in [5, 5.41) is 9.39. The van der Waals surface area contributed by atoms with Crippen LogP contribution in [0, 0.1) is 0 Å². The minimum absolute atomic E-state index is 0.0476. The van der Waals surface area contributed by atoms with Crippen LogP contribution in [0.15, 0.2) is 29.2 Å². The Morgan fingerprint density at radius 1 is 1.16 bits per heavy atom. The van der Waals surface area contributed by atoms with Gasteiger partial charge in [0.15, 0.2) is 0 Å². The zero-order valence-electron chi connectivity index (χ0n) is 11.8. The molecule has 0 aliphatic carbocycles. The lowest BCUT2D eigenvalue weighted by atomic mass is 9.99. The molecule has 4 nitrogen and oxygen atoms in total. The molecule has 2 unspecified atom stereocenters. The average molecular weight is 285 g/mol. The van der Waals surface area contributed by atoms with Crippen molar-refractivity contribution >= 4 is 10.0 Å². The first kappa shape index (κ1) is 16.1. The summed E-state index contributed by atoms with van der Waals surface area (Å²) in [5.74, 6) is 0.423. The number of nitrogens with one attached hydrogen (secondary N) is 1. The molecular weight excluding hydrogens is 262 g/mol. The summed E-state index contributed by atoms with van der Waals surface area (Å²) in [7, 11) is -3.52. The van der Waals surface area contributed by atoms with Gasteiger partial charge in [-0.2, -0.15) is 0 Å². The molecule has 19 heavy (non-hydrogen) atoms. The van der Waals surface area contributed by atoms with Crippen LogP contribution in [-0.4, -0.2) is 26.2 Å². The molecule has 1 rings (SSSR count). The molecule has 0 radical (unpaired) electrons. The number of sulfonamides is 1. The van der Waals surface area contributed by atoms with Gasteiger partial charge >= 0.3 is 0 Å². The highest BCUT2D eigenvalue weighted by atomic mass is 32.2. The quantitative estimate of drug-likeness (QED) is 0.807. The molecule has 2 atom stereocenters. The third-order valence-corrected chi connectivity index (χ3v) is 4.79. The van der Waals surface area contributed by atoms with E-state index >= 15 is 0 Å². The van der Waals surface area contributed by atoms with Gasteiger partial charge in [-0.25, -0.2) is 13.1 Å². The Balaban J connectivity index is 2.79. The molecule has 0 saturated carbocycles. The lowest BCUT2D eigenvalue weighted by molar-refractivity contribution is 0.174. The maximum Gasteiger partial charge on any atom is 0.240 e. The monoisotopic (exact) mass is 285 g/mol. The third-order valence-electron chi connectivity index (χ3n) is 3.35. The van der Waals surface area contributed by atoms with Crippen LogP contribution in [0.25, 0.3) is 0 Å². The van der Waals surface area contributed by atoms with E-state index in [4.69, 9.17) is 0 Å². The van der Waals surface area contributed by atoms with Crippen molar-refractivity contribution in [2.24, 2.45) is 0 Å². The predicted molar refractivity (Wildman–Crippen MR) is 76.6 cm³/mol. The maximum absolute atomic E-state index is 12.0. The molecule has 108 valence electrons. The fourth-order valence-electron chi connectivity index (χ4n) is 1.64. The molecule has 5 heteroatoms. The Morgan fingerprint density at radius 2 is 1.74 bits per heavy atom.